The van der Waals surface area contributed by atoms with Gasteiger partial charge in [-0.1, -0.05) is 31.9 Å². The maximum absolute atomic E-state index is 10.5. The highest BCUT2D eigenvalue weighted by Crippen LogP contribution is 2.71. The quantitative estimate of drug-likeness (QED) is 0.604. The Balaban J connectivity index is 2.17. The Morgan fingerprint density at radius 2 is 2.07 bits per heavy atom. The summed E-state index contributed by atoms with van der Waals surface area (Å²) < 4.78 is 0. The highest BCUT2D eigenvalue weighted by molar-refractivity contribution is 5.32. The first-order chi connectivity index (χ1) is 7.02. The zero-order valence-electron chi connectivity index (χ0n) is 10.1. The molecule has 2 fully saturated rings. The van der Waals surface area contributed by atoms with Crippen LogP contribution in [0, 0.1) is 22.7 Å². The van der Waals surface area contributed by atoms with E-state index in [4.69, 9.17) is 0 Å². The lowest BCUT2D eigenvalue weighted by Gasteiger charge is -2.49. The third kappa shape index (κ3) is 0.860. The highest BCUT2D eigenvalue weighted by atomic mass is 16.3. The van der Waals surface area contributed by atoms with Crippen molar-refractivity contribution in [3.8, 4) is 0 Å². The van der Waals surface area contributed by atoms with E-state index in [1.54, 1.807) is 5.57 Å². The third-order valence-electron chi connectivity index (χ3n) is 6.00. The number of hydrogen-bond donors (Lipinski definition) is 1. The van der Waals surface area contributed by atoms with Crippen molar-refractivity contribution in [1.29, 1.82) is 0 Å². The Kier molecular flexibility index (Phi) is 1.77. The number of aliphatic hydroxyl groups is 1. The molecule has 0 aromatic heterocycles. The molecular weight excluding hydrogens is 184 g/mol. The summed E-state index contributed by atoms with van der Waals surface area (Å²) in [4.78, 5) is 0. The number of allylic oxidation sites excluding steroid dienone is 2. The van der Waals surface area contributed by atoms with E-state index in [1.807, 2.05) is 0 Å². The van der Waals surface area contributed by atoms with Crippen LogP contribution in [-0.4, -0.2) is 11.2 Å². The van der Waals surface area contributed by atoms with E-state index in [2.05, 4.69) is 26.8 Å². The van der Waals surface area contributed by atoms with Crippen LogP contribution in [-0.2, 0) is 0 Å². The third-order valence-corrected chi connectivity index (χ3v) is 6.00. The number of hydrogen-bond acceptors (Lipinski definition) is 1. The molecule has 0 heterocycles. The van der Waals surface area contributed by atoms with Gasteiger partial charge in [0.1, 0.15) is 0 Å². The lowest BCUT2D eigenvalue weighted by atomic mass is 9.55. The van der Waals surface area contributed by atoms with Crippen molar-refractivity contribution in [2.24, 2.45) is 22.7 Å². The maximum atomic E-state index is 10.5. The molecule has 3 aliphatic rings. The summed E-state index contributed by atoms with van der Waals surface area (Å²) in [6.45, 7) is 7.08. The van der Waals surface area contributed by atoms with Crippen molar-refractivity contribution < 1.29 is 5.11 Å². The van der Waals surface area contributed by atoms with Gasteiger partial charge in [-0.05, 0) is 43.4 Å². The summed E-state index contributed by atoms with van der Waals surface area (Å²) in [6.07, 6.45) is 7.31. The smallest absolute Gasteiger partial charge is 0.0613 e. The first-order valence-electron chi connectivity index (χ1n) is 6.37. The van der Waals surface area contributed by atoms with Gasteiger partial charge >= 0.3 is 0 Å². The Morgan fingerprint density at radius 3 is 2.80 bits per heavy atom. The average molecular weight is 206 g/mol. The standard InChI is InChI=1S/C14H22O/c1-9-6-7-11-12(15)10-5-4-8-14(9,11)13(10,2)3/h6,10-12,15H,4-5,7-8H2,1-3H3/t10-,11+,12-,14-/m1/s1. The molecule has 0 aromatic rings. The summed E-state index contributed by atoms with van der Waals surface area (Å²) in [7, 11) is 0. The Bertz CT molecular complexity index is 328. The lowest BCUT2D eigenvalue weighted by molar-refractivity contribution is 0.0311. The van der Waals surface area contributed by atoms with E-state index in [0.717, 1.165) is 6.42 Å². The predicted octanol–water partition coefficient (Wildman–Crippen LogP) is 3.14. The fourth-order valence-corrected chi connectivity index (χ4v) is 5.27. The SMILES string of the molecule is CC1=CC[C@H]2[C@H](O)[C@H]3CCC[C@@]12C3(C)C. The van der Waals surface area contributed by atoms with Crippen LogP contribution in [0.1, 0.15) is 46.5 Å². The topological polar surface area (TPSA) is 20.2 Å². The normalized spacial score (nSPS) is 51.5. The molecular formula is C14H22O. The second kappa shape index (κ2) is 2.68. The first-order valence-corrected chi connectivity index (χ1v) is 6.37. The van der Waals surface area contributed by atoms with Crippen molar-refractivity contribution in [2.45, 2.75) is 52.6 Å². The van der Waals surface area contributed by atoms with Crippen LogP contribution < -0.4 is 0 Å². The van der Waals surface area contributed by atoms with Crippen molar-refractivity contribution in [3.05, 3.63) is 11.6 Å². The second-order valence-electron chi connectivity index (χ2n) is 6.41. The van der Waals surface area contributed by atoms with Crippen molar-refractivity contribution >= 4 is 0 Å². The predicted molar refractivity (Wildman–Crippen MR) is 61.4 cm³/mol. The van der Waals surface area contributed by atoms with Crippen LogP contribution >= 0.6 is 0 Å². The highest BCUT2D eigenvalue weighted by Gasteiger charge is 2.67. The molecule has 0 amide bonds. The molecule has 0 saturated heterocycles. The summed E-state index contributed by atoms with van der Waals surface area (Å²) in [6, 6.07) is 0. The molecule has 84 valence electrons. The molecule has 1 heteroatoms. The fourth-order valence-electron chi connectivity index (χ4n) is 5.27. The molecule has 0 unspecified atom stereocenters. The van der Waals surface area contributed by atoms with Crippen molar-refractivity contribution in [2.75, 3.05) is 0 Å². The van der Waals surface area contributed by atoms with Crippen molar-refractivity contribution in [1.82, 2.24) is 0 Å². The molecule has 15 heavy (non-hydrogen) atoms. The van der Waals surface area contributed by atoms with Gasteiger partial charge in [0.15, 0.2) is 0 Å². The molecule has 0 aliphatic heterocycles. The average Bonchev–Trinajstić information content (AvgIpc) is 2.48. The first kappa shape index (κ1) is 9.89. The molecule has 3 aliphatic carbocycles. The van der Waals surface area contributed by atoms with E-state index < -0.39 is 0 Å². The molecule has 1 N–H and O–H groups in total. The largest absolute Gasteiger partial charge is 0.392 e. The molecule has 0 radical (unpaired) electrons. The van der Waals surface area contributed by atoms with Gasteiger partial charge in [-0.25, -0.2) is 0 Å². The van der Waals surface area contributed by atoms with Gasteiger partial charge in [-0.2, -0.15) is 0 Å². The molecule has 2 bridgehead atoms. The molecule has 1 spiro atoms. The van der Waals surface area contributed by atoms with E-state index in [1.165, 1.54) is 19.3 Å². The molecule has 3 rings (SSSR count). The molecule has 4 atom stereocenters. The van der Waals surface area contributed by atoms with Crippen LogP contribution in [0.15, 0.2) is 11.6 Å². The minimum absolute atomic E-state index is 0.0452. The molecule has 0 aromatic carbocycles. The van der Waals surface area contributed by atoms with Gasteiger partial charge < -0.3 is 5.11 Å². The van der Waals surface area contributed by atoms with Crippen LogP contribution in [0.4, 0.5) is 0 Å². The van der Waals surface area contributed by atoms with E-state index in [9.17, 15) is 5.11 Å². The zero-order valence-corrected chi connectivity index (χ0v) is 10.1. The van der Waals surface area contributed by atoms with E-state index in [0.29, 0.717) is 22.7 Å². The Labute approximate surface area is 92.6 Å². The Hall–Kier alpha value is -0.300. The minimum Gasteiger partial charge on any atom is -0.392 e. The summed E-state index contributed by atoms with van der Waals surface area (Å²) in [5, 5.41) is 10.5. The minimum atomic E-state index is -0.0452. The summed E-state index contributed by atoms with van der Waals surface area (Å²) in [5.41, 5.74) is 2.22. The second-order valence-corrected chi connectivity index (χ2v) is 6.41. The Morgan fingerprint density at radius 1 is 1.33 bits per heavy atom. The van der Waals surface area contributed by atoms with Gasteiger partial charge in [-0.3, -0.25) is 0 Å². The van der Waals surface area contributed by atoms with Crippen LogP contribution in [0.2, 0.25) is 0 Å². The van der Waals surface area contributed by atoms with Crippen LogP contribution in [0.5, 0.6) is 0 Å². The summed E-state index contributed by atoms with van der Waals surface area (Å²) >= 11 is 0. The monoisotopic (exact) mass is 206 g/mol. The van der Waals surface area contributed by atoms with Gasteiger partial charge in [0.05, 0.1) is 6.10 Å². The van der Waals surface area contributed by atoms with Gasteiger partial charge in [-0.15, -0.1) is 0 Å². The number of aliphatic hydroxyl groups excluding tert-OH is 1. The van der Waals surface area contributed by atoms with Crippen LogP contribution in [0.3, 0.4) is 0 Å². The van der Waals surface area contributed by atoms with Crippen molar-refractivity contribution in [3.63, 3.8) is 0 Å². The number of rotatable bonds is 0. The van der Waals surface area contributed by atoms with Gasteiger partial charge in [0, 0.05) is 5.41 Å². The van der Waals surface area contributed by atoms with Gasteiger partial charge in [0.25, 0.3) is 0 Å². The summed E-state index contributed by atoms with van der Waals surface area (Å²) in [5.74, 6) is 1.07. The fraction of sp³-hybridized carbons (Fsp3) is 0.857. The van der Waals surface area contributed by atoms with Crippen LogP contribution in [0.25, 0.3) is 0 Å². The lowest BCUT2D eigenvalue weighted by Crippen LogP contribution is -2.42. The number of fused-ring (bicyclic) bond motifs is 1. The van der Waals surface area contributed by atoms with Gasteiger partial charge in [0.2, 0.25) is 0 Å². The molecule has 1 nitrogen and oxygen atoms in total. The van der Waals surface area contributed by atoms with E-state index in [-0.39, 0.29) is 6.10 Å². The molecule has 2 saturated carbocycles. The maximum Gasteiger partial charge on any atom is 0.0613 e. The van der Waals surface area contributed by atoms with E-state index >= 15 is 0 Å². The zero-order chi connectivity index (χ0) is 10.8.